The lowest BCUT2D eigenvalue weighted by molar-refractivity contribution is -0.153. The summed E-state index contributed by atoms with van der Waals surface area (Å²) in [5, 5.41) is 20.4. The molecule has 0 aromatic heterocycles. The van der Waals surface area contributed by atoms with Gasteiger partial charge in [-0.25, -0.2) is 4.79 Å². The average molecular weight is 435 g/mol. The quantitative estimate of drug-likeness (QED) is 0.201. The minimum Gasteiger partial charge on any atom is -0.464 e. The molecule has 176 valence electrons. The Morgan fingerprint density at radius 2 is 2.03 bits per heavy atom. The van der Waals surface area contributed by atoms with E-state index < -0.39 is 17.7 Å². The van der Waals surface area contributed by atoms with Crippen molar-refractivity contribution in [1.29, 1.82) is 0 Å². The van der Waals surface area contributed by atoms with Crippen LogP contribution in [0.5, 0.6) is 0 Å². The third-order valence-electron chi connectivity index (χ3n) is 6.07. The molecule has 2 N–H and O–H groups in total. The maximum Gasteiger partial charge on any atom is 0.334 e. The lowest BCUT2D eigenvalue weighted by Crippen LogP contribution is -2.24. The van der Waals surface area contributed by atoms with Crippen LogP contribution in [0.4, 0.5) is 0 Å². The third kappa shape index (κ3) is 10.4. The number of hydrogen-bond acceptors (Lipinski definition) is 5. The van der Waals surface area contributed by atoms with E-state index in [2.05, 4.69) is 19.6 Å². The van der Waals surface area contributed by atoms with Crippen molar-refractivity contribution in [3.8, 4) is 0 Å². The molecule has 0 amide bonds. The van der Waals surface area contributed by atoms with Crippen LogP contribution in [-0.2, 0) is 14.3 Å². The van der Waals surface area contributed by atoms with Gasteiger partial charge in [0.1, 0.15) is 5.78 Å². The van der Waals surface area contributed by atoms with Gasteiger partial charge in [0.25, 0.3) is 0 Å². The standard InChI is InChI=1S/C26H42O5/c1-4-7-8-12-19-26(30,5-2)20-13-14-21-17-18-23(27)22(21)15-10-9-11-16-24(28)25(29)31-6-3/h5,9-10,13-14,21-22,24,28,30H,2,4,6-8,11-12,15-20H2,1,3H3/t21-,22+,24?,26?/m0/s1. The molecule has 4 atom stereocenters. The van der Waals surface area contributed by atoms with Crippen LogP contribution in [0, 0.1) is 11.8 Å². The number of ether oxygens (including phenoxy) is 1. The molecule has 0 saturated heterocycles. The molecule has 0 spiro atoms. The van der Waals surface area contributed by atoms with Gasteiger partial charge in [0.15, 0.2) is 6.10 Å². The van der Waals surface area contributed by atoms with Crippen LogP contribution in [0.2, 0.25) is 0 Å². The van der Waals surface area contributed by atoms with Crippen molar-refractivity contribution in [3.63, 3.8) is 0 Å². The maximum atomic E-state index is 12.3. The number of allylic oxidation sites excluding steroid dienone is 3. The van der Waals surface area contributed by atoms with Crippen molar-refractivity contribution in [2.75, 3.05) is 6.61 Å². The summed E-state index contributed by atoms with van der Waals surface area (Å²) in [4.78, 5) is 23.7. The summed E-state index contributed by atoms with van der Waals surface area (Å²) in [5.41, 5.74) is -0.873. The highest BCUT2D eigenvalue weighted by Gasteiger charge is 2.32. The molecule has 1 aliphatic carbocycles. The number of hydrogen-bond donors (Lipinski definition) is 2. The Labute approximate surface area is 188 Å². The van der Waals surface area contributed by atoms with Crippen molar-refractivity contribution in [3.05, 3.63) is 37.0 Å². The molecule has 0 aliphatic heterocycles. The fourth-order valence-corrected chi connectivity index (χ4v) is 4.03. The van der Waals surface area contributed by atoms with Crippen molar-refractivity contribution in [2.24, 2.45) is 11.8 Å². The van der Waals surface area contributed by atoms with Crippen LogP contribution in [-0.4, -0.2) is 40.3 Å². The number of aliphatic hydroxyl groups is 2. The highest BCUT2D eigenvalue weighted by atomic mass is 16.5. The zero-order chi connectivity index (χ0) is 23.1. The zero-order valence-electron chi connectivity index (χ0n) is 19.4. The van der Waals surface area contributed by atoms with Crippen molar-refractivity contribution in [2.45, 2.75) is 96.2 Å². The molecule has 0 bridgehead atoms. The first-order valence-corrected chi connectivity index (χ1v) is 11.9. The first kappa shape index (κ1) is 27.3. The van der Waals surface area contributed by atoms with Gasteiger partial charge in [-0.15, -0.1) is 6.58 Å². The first-order chi connectivity index (χ1) is 14.9. The Bertz CT molecular complexity index is 609. The van der Waals surface area contributed by atoms with Crippen molar-refractivity contribution in [1.82, 2.24) is 0 Å². The molecule has 5 nitrogen and oxygen atoms in total. The van der Waals surface area contributed by atoms with Crippen LogP contribution in [0.3, 0.4) is 0 Å². The fraction of sp³-hybridized carbons (Fsp3) is 0.692. The lowest BCUT2D eigenvalue weighted by atomic mass is 9.89. The summed E-state index contributed by atoms with van der Waals surface area (Å²) < 4.78 is 4.78. The molecular formula is C26H42O5. The third-order valence-corrected chi connectivity index (χ3v) is 6.07. The summed E-state index contributed by atoms with van der Waals surface area (Å²) in [6, 6.07) is 0. The average Bonchev–Trinajstić information content (AvgIpc) is 3.10. The summed E-state index contributed by atoms with van der Waals surface area (Å²) >= 11 is 0. The van der Waals surface area contributed by atoms with E-state index in [0.717, 1.165) is 19.3 Å². The molecule has 0 heterocycles. The van der Waals surface area contributed by atoms with Crippen LogP contribution in [0.15, 0.2) is 37.0 Å². The van der Waals surface area contributed by atoms with Gasteiger partial charge in [-0.2, -0.15) is 0 Å². The van der Waals surface area contributed by atoms with Crippen LogP contribution < -0.4 is 0 Å². The highest BCUT2D eigenvalue weighted by Crippen LogP contribution is 2.33. The number of aliphatic hydroxyl groups excluding tert-OH is 1. The maximum absolute atomic E-state index is 12.3. The number of Topliss-reactive ketones (excluding diaryl/α,β-unsaturated/α-hetero) is 1. The largest absolute Gasteiger partial charge is 0.464 e. The topological polar surface area (TPSA) is 83.8 Å². The molecule has 1 aliphatic rings. The van der Waals surface area contributed by atoms with Crippen molar-refractivity contribution < 1.29 is 24.5 Å². The van der Waals surface area contributed by atoms with Gasteiger partial charge in [-0.3, -0.25) is 4.79 Å². The van der Waals surface area contributed by atoms with E-state index in [0.29, 0.717) is 38.5 Å². The van der Waals surface area contributed by atoms with Crippen molar-refractivity contribution >= 4 is 11.8 Å². The predicted octanol–water partition coefficient (Wildman–Crippen LogP) is 5.07. The molecular weight excluding hydrogens is 392 g/mol. The van der Waals surface area contributed by atoms with Crippen LogP contribution >= 0.6 is 0 Å². The van der Waals surface area contributed by atoms with E-state index >= 15 is 0 Å². The van der Waals surface area contributed by atoms with E-state index in [-0.39, 0.29) is 24.2 Å². The van der Waals surface area contributed by atoms with E-state index in [1.807, 2.05) is 18.2 Å². The second-order valence-corrected chi connectivity index (χ2v) is 8.58. The Morgan fingerprint density at radius 1 is 1.26 bits per heavy atom. The van der Waals surface area contributed by atoms with Crippen LogP contribution in [0.1, 0.15) is 84.5 Å². The number of unbranched alkanes of at least 4 members (excludes halogenated alkanes) is 3. The second-order valence-electron chi connectivity index (χ2n) is 8.58. The SMILES string of the molecule is C=CC(O)(CC=C[C@H]1CCC(=O)[C@@H]1CC=CCCC(O)C(=O)OCC)CCCCCC. The minimum absolute atomic E-state index is 0.0381. The van der Waals surface area contributed by atoms with Gasteiger partial charge in [0.2, 0.25) is 0 Å². The molecule has 0 aromatic rings. The zero-order valence-corrected chi connectivity index (χ0v) is 19.4. The summed E-state index contributed by atoms with van der Waals surface area (Å²) in [7, 11) is 0. The van der Waals surface area contributed by atoms with Gasteiger partial charge in [0.05, 0.1) is 12.2 Å². The molecule has 1 fully saturated rings. The highest BCUT2D eigenvalue weighted by molar-refractivity contribution is 5.83. The molecule has 1 rings (SSSR count). The first-order valence-electron chi connectivity index (χ1n) is 11.9. The summed E-state index contributed by atoms with van der Waals surface area (Å²) in [5.74, 6) is -0.151. The smallest absolute Gasteiger partial charge is 0.334 e. The molecule has 1 saturated carbocycles. The summed E-state index contributed by atoms with van der Waals surface area (Å²) in [6.07, 6.45) is 17.2. The molecule has 0 radical (unpaired) electrons. The van der Waals surface area contributed by atoms with Gasteiger partial charge in [-0.05, 0) is 51.4 Å². The van der Waals surface area contributed by atoms with Crippen LogP contribution in [0.25, 0.3) is 0 Å². The Balaban J connectivity index is 2.47. The Kier molecular flexibility index (Phi) is 13.3. The number of rotatable bonds is 16. The van der Waals surface area contributed by atoms with E-state index in [1.54, 1.807) is 13.0 Å². The van der Waals surface area contributed by atoms with E-state index in [1.165, 1.54) is 12.8 Å². The van der Waals surface area contributed by atoms with E-state index in [4.69, 9.17) is 4.74 Å². The molecule has 2 unspecified atom stereocenters. The van der Waals surface area contributed by atoms with E-state index in [9.17, 15) is 19.8 Å². The van der Waals surface area contributed by atoms with Gasteiger partial charge >= 0.3 is 5.97 Å². The Hall–Kier alpha value is -1.72. The number of esters is 1. The van der Waals surface area contributed by atoms with Gasteiger partial charge < -0.3 is 14.9 Å². The minimum atomic E-state index is -1.10. The molecule has 0 aromatic carbocycles. The lowest BCUT2D eigenvalue weighted by Gasteiger charge is -2.23. The normalized spacial score (nSPS) is 22.1. The molecule has 5 heteroatoms. The fourth-order valence-electron chi connectivity index (χ4n) is 4.03. The van der Waals surface area contributed by atoms with Gasteiger partial charge in [-0.1, -0.05) is 63.0 Å². The number of carbonyl (C=O) groups is 2. The monoisotopic (exact) mass is 434 g/mol. The van der Waals surface area contributed by atoms with Gasteiger partial charge in [0, 0.05) is 12.3 Å². The molecule has 31 heavy (non-hydrogen) atoms. The summed E-state index contributed by atoms with van der Waals surface area (Å²) in [6.45, 7) is 7.94. The number of carbonyl (C=O) groups excluding carboxylic acids is 2. The second kappa shape index (κ2) is 15.1. The number of ketones is 1. The predicted molar refractivity (Wildman–Crippen MR) is 125 cm³/mol. The Morgan fingerprint density at radius 3 is 2.71 bits per heavy atom.